The van der Waals surface area contributed by atoms with E-state index in [0.717, 1.165) is 5.57 Å². The minimum atomic E-state index is -0.713. The number of methoxy groups -OCH3 is 1. The summed E-state index contributed by atoms with van der Waals surface area (Å²) in [6.07, 6.45) is 3.05. The van der Waals surface area contributed by atoms with Crippen molar-refractivity contribution in [1.82, 2.24) is 14.9 Å². The van der Waals surface area contributed by atoms with Gasteiger partial charge in [-0.3, -0.25) is 0 Å². The fraction of sp³-hybridized carbons (Fsp3) is 0.345. The molecule has 212 valence electrons. The minimum Gasteiger partial charge on any atom is -0.494 e. The number of nitrogens with zero attached hydrogens (tertiary/aromatic N) is 3. The van der Waals surface area contributed by atoms with Crippen molar-refractivity contribution in [2.45, 2.75) is 45.8 Å². The Labute approximate surface area is 242 Å². The molecule has 0 saturated heterocycles. The van der Waals surface area contributed by atoms with Crippen LogP contribution >= 0.6 is 23.2 Å². The first kappa shape index (κ1) is 29.4. The van der Waals surface area contributed by atoms with E-state index in [4.69, 9.17) is 48.1 Å². The number of hydrogen-bond donors (Lipinski definition) is 1. The van der Waals surface area contributed by atoms with Crippen molar-refractivity contribution < 1.29 is 23.4 Å². The summed E-state index contributed by atoms with van der Waals surface area (Å²) in [5.74, 6) is 0.415. The van der Waals surface area contributed by atoms with E-state index in [2.05, 4.69) is 4.98 Å². The zero-order valence-electron chi connectivity index (χ0n) is 22.9. The maximum absolute atomic E-state index is 14.1. The van der Waals surface area contributed by atoms with Gasteiger partial charge in [-0.2, -0.15) is 0 Å². The highest BCUT2D eigenvalue weighted by molar-refractivity contribution is 6.36. The Hall–Kier alpha value is -3.56. The molecule has 0 spiro atoms. The second-order valence-corrected chi connectivity index (χ2v) is 11.1. The molecule has 1 unspecified atom stereocenters. The average molecular weight is 589 g/mol. The second-order valence-electron chi connectivity index (χ2n) is 10.3. The molecule has 4 rings (SSSR count). The lowest BCUT2D eigenvalue weighted by Gasteiger charge is -2.29. The fourth-order valence-corrected chi connectivity index (χ4v) is 4.91. The Morgan fingerprint density at radius 2 is 1.93 bits per heavy atom. The van der Waals surface area contributed by atoms with E-state index in [0.29, 0.717) is 47.8 Å². The first-order chi connectivity index (χ1) is 18.9. The third-order valence-electron chi connectivity index (χ3n) is 6.21. The molecule has 0 aliphatic carbocycles. The summed E-state index contributed by atoms with van der Waals surface area (Å²) in [5.41, 5.74) is 8.70. The van der Waals surface area contributed by atoms with Crippen LogP contribution in [0.25, 0.3) is 16.8 Å². The summed E-state index contributed by atoms with van der Waals surface area (Å²) in [6.45, 7) is 8.09. The van der Waals surface area contributed by atoms with Gasteiger partial charge in [0.15, 0.2) is 11.6 Å². The van der Waals surface area contributed by atoms with Crippen LogP contribution in [0.4, 0.5) is 15.0 Å². The summed E-state index contributed by atoms with van der Waals surface area (Å²) in [6, 6.07) is 7.95. The van der Waals surface area contributed by atoms with Crippen molar-refractivity contribution in [3.05, 3.63) is 69.7 Å². The topological polar surface area (TPSA) is 99.8 Å². The Kier molecular flexibility index (Phi) is 8.75. The number of anilines is 1. The van der Waals surface area contributed by atoms with E-state index in [1.807, 2.05) is 32.9 Å². The third kappa shape index (κ3) is 6.59. The van der Waals surface area contributed by atoms with E-state index in [9.17, 15) is 9.18 Å². The highest BCUT2D eigenvalue weighted by atomic mass is 35.5. The molecule has 3 heterocycles. The Bertz CT molecular complexity index is 1460. The molecule has 8 nitrogen and oxygen atoms in total. The van der Waals surface area contributed by atoms with E-state index in [-0.39, 0.29) is 27.7 Å². The zero-order valence-corrected chi connectivity index (χ0v) is 24.4. The van der Waals surface area contributed by atoms with Crippen LogP contribution < -0.4 is 15.2 Å². The third-order valence-corrected chi connectivity index (χ3v) is 6.92. The Balaban J connectivity index is 1.60. The van der Waals surface area contributed by atoms with Gasteiger partial charge in [-0.15, -0.1) is 0 Å². The van der Waals surface area contributed by atoms with Crippen molar-refractivity contribution in [3.63, 3.8) is 0 Å². The number of carbonyl (C=O) groups is 1. The summed E-state index contributed by atoms with van der Waals surface area (Å²) in [5, 5.41) is 0.157. The lowest BCUT2D eigenvalue weighted by atomic mass is 10.0. The fourth-order valence-electron chi connectivity index (χ4n) is 4.23. The normalized spacial score (nSPS) is 14.4. The van der Waals surface area contributed by atoms with Gasteiger partial charge in [0, 0.05) is 35.4 Å². The number of aromatic nitrogens is 2. The number of pyridine rings is 2. The molecule has 40 heavy (non-hydrogen) atoms. The molecule has 1 amide bonds. The largest absolute Gasteiger partial charge is 0.494 e. The van der Waals surface area contributed by atoms with Crippen LogP contribution in [0.3, 0.4) is 0 Å². The lowest BCUT2D eigenvalue weighted by molar-refractivity contribution is 0.0270. The predicted octanol–water partition coefficient (Wildman–Crippen LogP) is 7.34. The first-order valence-electron chi connectivity index (χ1n) is 12.7. The van der Waals surface area contributed by atoms with Crippen molar-refractivity contribution >= 4 is 40.7 Å². The van der Waals surface area contributed by atoms with Crippen LogP contribution in [0.15, 0.2) is 42.6 Å². The summed E-state index contributed by atoms with van der Waals surface area (Å²) < 4.78 is 31.2. The van der Waals surface area contributed by atoms with Gasteiger partial charge in [-0.05, 0) is 70.0 Å². The molecule has 1 aliphatic rings. The SMILES string of the molecule is COc1ccc(-c2cnc(N)c(OC(C)c3c(Cl)ccc(F)c3Cl)c2)nc1C1=CCN(C(=O)OC(C)(C)C)CC1. The van der Waals surface area contributed by atoms with Crippen molar-refractivity contribution in [3.8, 4) is 22.8 Å². The summed E-state index contributed by atoms with van der Waals surface area (Å²) >= 11 is 12.4. The Morgan fingerprint density at radius 1 is 1.18 bits per heavy atom. The number of ether oxygens (including phenoxy) is 3. The predicted molar refractivity (Wildman–Crippen MR) is 154 cm³/mol. The summed E-state index contributed by atoms with van der Waals surface area (Å²) in [4.78, 5) is 23.3. The Morgan fingerprint density at radius 3 is 2.58 bits per heavy atom. The number of hydrogen-bond acceptors (Lipinski definition) is 7. The summed E-state index contributed by atoms with van der Waals surface area (Å²) in [7, 11) is 1.58. The molecular weight excluding hydrogens is 558 g/mol. The standard InChI is InChI=1S/C29H31Cl2FN4O4/c1-16(24-19(30)6-7-20(32)25(24)31)39-23-14-18(15-34-27(23)33)21-8-9-22(38-5)26(35-21)17-10-12-36(13-11-17)28(37)40-29(2,3)4/h6-10,14-16H,11-13H2,1-5H3,(H2,33,34). The van der Waals surface area contributed by atoms with E-state index in [1.54, 1.807) is 37.3 Å². The van der Waals surface area contributed by atoms with Crippen LogP contribution in [-0.2, 0) is 4.74 Å². The maximum atomic E-state index is 14.1. The van der Waals surface area contributed by atoms with Crippen molar-refractivity contribution in [1.29, 1.82) is 0 Å². The number of nitrogens with two attached hydrogens (primary N) is 1. The van der Waals surface area contributed by atoms with Gasteiger partial charge in [-0.25, -0.2) is 19.2 Å². The highest BCUT2D eigenvalue weighted by Crippen LogP contribution is 2.38. The van der Waals surface area contributed by atoms with Crippen LogP contribution in [0.2, 0.25) is 10.0 Å². The van der Waals surface area contributed by atoms with Crippen LogP contribution in [0, 0.1) is 5.82 Å². The second kappa shape index (κ2) is 11.9. The maximum Gasteiger partial charge on any atom is 0.410 e. The number of rotatable bonds is 6. The minimum absolute atomic E-state index is 0.116. The molecular formula is C29H31Cl2FN4O4. The quantitative estimate of drug-likeness (QED) is 0.300. The molecule has 0 fully saturated rings. The molecule has 2 N–H and O–H groups in total. The van der Waals surface area contributed by atoms with E-state index in [1.165, 1.54) is 12.1 Å². The van der Waals surface area contributed by atoms with Crippen LogP contribution in [0.1, 0.15) is 51.5 Å². The zero-order chi connectivity index (χ0) is 29.2. The van der Waals surface area contributed by atoms with Gasteiger partial charge in [0.1, 0.15) is 29.0 Å². The molecule has 0 saturated carbocycles. The van der Waals surface area contributed by atoms with Gasteiger partial charge in [0.25, 0.3) is 0 Å². The molecule has 0 bridgehead atoms. The first-order valence-corrected chi connectivity index (χ1v) is 13.4. The monoisotopic (exact) mass is 588 g/mol. The van der Waals surface area contributed by atoms with Crippen molar-refractivity contribution in [2.24, 2.45) is 0 Å². The molecule has 1 atom stereocenters. The number of halogens is 3. The molecule has 2 aromatic heterocycles. The van der Waals surface area contributed by atoms with Crippen LogP contribution in [-0.4, -0.2) is 46.8 Å². The van der Waals surface area contributed by atoms with E-state index >= 15 is 0 Å². The van der Waals surface area contributed by atoms with Gasteiger partial charge >= 0.3 is 6.09 Å². The number of amides is 1. The highest BCUT2D eigenvalue weighted by Gasteiger charge is 2.26. The van der Waals surface area contributed by atoms with E-state index < -0.39 is 17.5 Å². The molecule has 3 aromatic rings. The van der Waals surface area contributed by atoms with Crippen molar-refractivity contribution in [2.75, 3.05) is 25.9 Å². The van der Waals surface area contributed by atoms with Gasteiger partial charge in [0.2, 0.25) is 0 Å². The van der Waals surface area contributed by atoms with Crippen LogP contribution in [0.5, 0.6) is 11.5 Å². The number of nitrogen functional groups attached to an aromatic ring is 1. The van der Waals surface area contributed by atoms with Gasteiger partial charge < -0.3 is 24.8 Å². The smallest absolute Gasteiger partial charge is 0.410 e. The number of carbonyl (C=O) groups excluding carboxylic acids is 1. The van der Waals surface area contributed by atoms with Gasteiger partial charge in [0.05, 0.1) is 17.8 Å². The lowest BCUT2D eigenvalue weighted by Crippen LogP contribution is -2.39. The number of benzene rings is 1. The molecule has 0 radical (unpaired) electrons. The van der Waals surface area contributed by atoms with Gasteiger partial charge in [-0.1, -0.05) is 29.3 Å². The molecule has 11 heteroatoms. The molecule has 1 aromatic carbocycles. The molecule has 1 aliphatic heterocycles. The average Bonchev–Trinajstić information content (AvgIpc) is 2.91.